The van der Waals surface area contributed by atoms with Gasteiger partial charge in [-0.1, -0.05) is 30.7 Å². The number of amides is 3. The van der Waals surface area contributed by atoms with Gasteiger partial charge in [-0.25, -0.2) is 14.2 Å². The summed E-state index contributed by atoms with van der Waals surface area (Å²) in [7, 11) is 0. The van der Waals surface area contributed by atoms with Crippen molar-refractivity contribution >= 4 is 29.6 Å². The van der Waals surface area contributed by atoms with Crippen molar-refractivity contribution in [3.8, 4) is 28.1 Å². The maximum atomic E-state index is 15.8. The molecule has 0 saturated carbocycles. The summed E-state index contributed by atoms with van der Waals surface area (Å²) in [5, 5.41) is 2.35. The predicted octanol–water partition coefficient (Wildman–Crippen LogP) is 7.04. The Balaban J connectivity index is 1.75. The second-order valence-corrected chi connectivity index (χ2v) is 11.9. The topological polar surface area (TPSA) is 150 Å². The van der Waals surface area contributed by atoms with Crippen molar-refractivity contribution in [2.45, 2.75) is 73.8 Å². The van der Waals surface area contributed by atoms with Gasteiger partial charge in [-0.05, 0) is 93.6 Å². The van der Waals surface area contributed by atoms with Gasteiger partial charge in [-0.15, -0.1) is 0 Å². The molecule has 0 aliphatic heterocycles. The molecule has 3 aromatic rings. The first-order chi connectivity index (χ1) is 23.7. The SMILES string of the molecule is CC=C(CC)Oc1ccc(-c2cc(C)c(-c3ccc(N(CC=C(C)C)C(=O)OCOC(=O)CCC(NC(C)=O)C(N)=O)cc3F)cc2C)cn1. The Hall–Kier alpha value is -5.52. The zero-order valence-electron chi connectivity index (χ0n) is 29.6. The quantitative estimate of drug-likeness (QED) is 0.0747. The number of carbonyl (C=O) groups excluding carboxylic acids is 4. The Kier molecular flexibility index (Phi) is 14.2. The molecule has 0 fully saturated rings. The molecule has 266 valence electrons. The van der Waals surface area contributed by atoms with E-state index in [0.29, 0.717) is 17.0 Å². The highest BCUT2D eigenvalue weighted by molar-refractivity contribution is 5.89. The molecular weight excluding hydrogens is 643 g/mol. The Bertz CT molecular complexity index is 1770. The van der Waals surface area contributed by atoms with E-state index in [1.807, 2.05) is 71.9 Å². The standard InChI is InChI=1S/C38H45FN4O7/c1-8-29(9-2)50-35-14-10-27(21-41-35)31-18-25(6)32(19-24(31)5)30-12-11-28(20-33(30)39)43(17-16-23(3)4)38(47)49-22-48-36(45)15-13-34(37(40)46)42-26(7)44/h8,10-12,14,16,18-21,34H,9,13,15,17,22H2,1-7H3,(H2,40,46)(H,42,44). The van der Waals surface area contributed by atoms with Gasteiger partial charge in [0.15, 0.2) is 0 Å². The number of halogens is 1. The van der Waals surface area contributed by atoms with Crippen molar-refractivity contribution in [2.75, 3.05) is 18.2 Å². The van der Waals surface area contributed by atoms with E-state index in [2.05, 4.69) is 10.3 Å². The number of hydrogen-bond acceptors (Lipinski definition) is 8. The van der Waals surface area contributed by atoms with Gasteiger partial charge in [0.2, 0.25) is 24.5 Å². The molecule has 12 heteroatoms. The Morgan fingerprint density at radius 2 is 1.68 bits per heavy atom. The van der Waals surface area contributed by atoms with E-state index in [1.165, 1.54) is 17.9 Å². The largest absolute Gasteiger partial charge is 0.444 e. The van der Waals surface area contributed by atoms with E-state index < -0.39 is 42.5 Å². The van der Waals surface area contributed by atoms with Crippen LogP contribution < -0.4 is 20.7 Å². The van der Waals surface area contributed by atoms with Gasteiger partial charge in [0.05, 0.1) is 5.69 Å². The lowest BCUT2D eigenvalue weighted by Crippen LogP contribution is -2.43. The fourth-order valence-electron chi connectivity index (χ4n) is 5.03. The second kappa shape index (κ2) is 18.3. The van der Waals surface area contributed by atoms with Gasteiger partial charge >= 0.3 is 12.1 Å². The minimum absolute atomic E-state index is 0.0735. The number of nitrogens with two attached hydrogens (primary N) is 1. The molecule has 0 spiro atoms. The van der Waals surface area contributed by atoms with Crippen LogP contribution in [0.5, 0.6) is 5.88 Å². The number of rotatable bonds is 15. The summed E-state index contributed by atoms with van der Waals surface area (Å²) < 4.78 is 31.8. The molecule has 3 rings (SSSR count). The van der Waals surface area contributed by atoms with Crippen molar-refractivity contribution in [3.05, 3.63) is 89.1 Å². The average molecular weight is 689 g/mol. The fourth-order valence-corrected chi connectivity index (χ4v) is 5.03. The lowest BCUT2D eigenvalue weighted by molar-refractivity contribution is -0.152. The van der Waals surface area contributed by atoms with Crippen LogP contribution in [0.15, 0.2) is 72.1 Å². The fraction of sp³-hybridized carbons (Fsp3) is 0.342. The first-order valence-electron chi connectivity index (χ1n) is 16.2. The van der Waals surface area contributed by atoms with Crippen molar-refractivity contribution < 1.29 is 37.8 Å². The van der Waals surface area contributed by atoms with Crippen molar-refractivity contribution in [3.63, 3.8) is 0 Å². The molecule has 11 nitrogen and oxygen atoms in total. The molecule has 3 N–H and O–H groups in total. The highest BCUT2D eigenvalue weighted by atomic mass is 19.1. The van der Waals surface area contributed by atoms with E-state index in [1.54, 1.807) is 24.4 Å². The second-order valence-electron chi connectivity index (χ2n) is 11.9. The first kappa shape index (κ1) is 38.9. The van der Waals surface area contributed by atoms with E-state index in [-0.39, 0.29) is 25.1 Å². The van der Waals surface area contributed by atoms with Gasteiger partial charge in [-0.3, -0.25) is 19.3 Å². The smallest absolute Gasteiger partial charge is 0.417 e. The summed E-state index contributed by atoms with van der Waals surface area (Å²) >= 11 is 0. The first-order valence-corrected chi connectivity index (χ1v) is 16.2. The lowest BCUT2D eigenvalue weighted by atomic mass is 9.92. The van der Waals surface area contributed by atoms with Crippen molar-refractivity contribution in [1.29, 1.82) is 0 Å². The third-order valence-corrected chi connectivity index (χ3v) is 7.74. The van der Waals surface area contributed by atoms with Gasteiger partial charge < -0.3 is 25.3 Å². The van der Waals surface area contributed by atoms with E-state index in [9.17, 15) is 19.2 Å². The normalized spacial score (nSPS) is 11.6. The number of pyridine rings is 1. The molecule has 0 radical (unpaired) electrons. The number of allylic oxidation sites excluding steroid dienone is 3. The molecule has 1 unspecified atom stereocenters. The number of aromatic nitrogens is 1. The summed E-state index contributed by atoms with van der Waals surface area (Å²) in [6.45, 7) is 12.1. The van der Waals surface area contributed by atoms with Gasteiger partial charge in [0.1, 0.15) is 17.6 Å². The number of aryl methyl sites for hydroxylation is 2. The summed E-state index contributed by atoms with van der Waals surface area (Å²) in [6, 6.07) is 11.1. The summed E-state index contributed by atoms with van der Waals surface area (Å²) in [6.07, 6.45) is 4.99. The molecule has 0 bridgehead atoms. The number of carbonyl (C=O) groups is 4. The van der Waals surface area contributed by atoms with E-state index in [0.717, 1.165) is 40.0 Å². The van der Waals surface area contributed by atoms with Gasteiger partial charge in [0.25, 0.3) is 0 Å². The molecule has 0 saturated heterocycles. The lowest BCUT2D eigenvalue weighted by Gasteiger charge is -2.22. The van der Waals surface area contributed by atoms with Crippen LogP contribution in [0.4, 0.5) is 14.9 Å². The van der Waals surface area contributed by atoms with Crippen LogP contribution in [0.25, 0.3) is 22.3 Å². The Morgan fingerprint density at radius 1 is 0.980 bits per heavy atom. The number of nitrogens with one attached hydrogen (secondary N) is 1. The summed E-state index contributed by atoms with van der Waals surface area (Å²) in [4.78, 5) is 53.7. The minimum atomic E-state index is -1.04. The number of nitrogens with zero attached hydrogens (tertiary/aromatic N) is 2. The number of hydrogen-bond donors (Lipinski definition) is 2. The molecule has 1 heterocycles. The minimum Gasteiger partial charge on any atom is -0.444 e. The Morgan fingerprint density at radius 3 is 2.26 bits per heavy atom. The average Bonchev–Trinajstić information content (AvgIpc) is 3.06. The molecule has 2 aromatic carbocycles. The summed E-state index contributed by atoms with van der Waals surface area (Å²) in [5.74, 6) is -1.24. The summed E-state index contributed by atoms with van der Waals surface area (Å²) in [5.41, 5.74) is 11.1. The highest BCUT2D eigenvalue weighted by Gasteiger charge is 2.22. The number of benzene rings is 2. The van der Waals surface area contributed by atoms with Gasteiger partial charge in [-0.2, -0.15) is 0 Å². The van der Waals surface area contributed by atoms with E-state index in [4.69, 9.17) is 19.9 Å². The number of anilines is 1. The van der Waals surface area contributed by atoms with Crippen molar-refractivity contribution in [2.24, 2.45) is 5.73 Å². The predicted molar refractivity (Wildman–Crippen MR) is 189 cm³/mol. The maximum Gasteiger partial charge on any atom is 0.417 e. The van der Waals surface area contributed by atoms with Crippen LogP contribution >= 0.6 is 0 Å². The van der Waals surface area contributed by atoms with Crippen molar-refractivity contribution in [1.82, 2.24) is 10.3 Å². The molecular formula is C38H45FN4O7. The van der Waals surface area contributed by atoms with E-state index >= 15 is 4.39 Å². The third-order valence-electron chi connectivity index (χ3n) is 7.74. The number of esters is 1. The highest BCUT2D eigenvalue weighted by Crippen LogP contribution is 2.35. The molecule has 1 aromatic heterocycles. The molecule has 3 amide bonds. The zero-order valence-corrected chi connectivity index (χ0v) is 29.6. The maximum absolute atomic E-state index is 15.8. The molecule has 0 aliphatic carbocycles. The van der Waals surface area contributed by atoms with Crippen LogP contribution in [0.1, 0.15) is 65.0 Å². The van der Waals surface area contributed by atoms with Gasteiger partial charge in [0, 0.05) is 49.7 Å². The monoisotopic (exact) mass is 688 g/mol. The number of ether oxygens (including phenoxy) is 3. The molecule has 0 aliphatic rings. The van der Waals surface area contributed by atoms with Crippen LogP contribution in [0.2, 0.25) is 0 Å². The Labute approximate surface area is 292 Å². The zero-order chi connectivity index (χ0) is 37.0. The molecule has 50 heavy (non-hydrogen) atoms. The van der Waals surface area contributed by atoms with Crippen LogP contribution in [-0.2, 0) is 23.9 Å². The third kappa shape index (κ3) is 11.0. The molecule has 1 atom stereocenters. The van der Waals surface area contributed by atoms with Crippen LogP contribution in [-0.4, -0.2) is 48.2 Å². The van der Waals surface area contributed by atoms with Crippen LogP contribution in [0, 0.1) is 19.7 Å². The number of primary amides is 1. The van der Waals surface area contributed by atoms with Crippen LogP contribution in [0.3, 0.4) is 0 Å².